The van der Waals surface area contributed by atoms with Crippen molar-refractivity contribution >= 4 is 23.4 Å². The molecule has 0 spiro atoms. The minimum absolute atomic E-state index is 0.0225. The number of anilines is 1. The fourth-order valence-electron chi connectivity index (χ4n) is 1.83. The van der Waals surface area contributed by atoms with Gasteiger partial charge in [0.2, 0.25) is 5.91 Å². The van der Waals surface area contributed by atoms with E-state index in [1.54, 1.807) is 11.8 Å². The number of carbonyl (C=O) groups is 1. The van der Waals surface area contributed by atoms with E-state index >= 15 is 0 Å². The molecular weight excluding hydrogens is 234 g/mol. The molecule has 2 N–H and O–H groups in total. The van der Waals surface area contributed by atoms with Gasteiger partial charge in [0.25, 0.3) is 0 Å². The fraction of sp³-hybridized carbons (Fsp3) is 0.333. The van der Waals surface area contributed by atoms with Crippen LogP contribution in [-0.4, -0.2) is 17.7 Å². The van der Waals surface area contributed by atoms with Gasteiger partial charge in [-0.25, -0.2) is 0 Å². The van der Waals surface area contributed by atoms with E-state index in [0.717, 1.165) is 16.1 Å². The van der Waals surface area contributed by atoms with Crippen molar-refractivity contribution in [1.29, 1.82) is 5.26 Å². The van der Waals surface area contributed by atoms with Crippen LogP contribution in [0.15, 0.2) is 23.1 Å². The molecule has 1 aliphatic rings. The first-order valence-corrected chi connectivity index (χ1v) is 6.33. The standard InChI is InChI=1S/C12H13N3OS/c1-8(5-13)15-10-4-9(6-14)2-3-11(10)17-7-12(15)16/h2-4,8H,6-7,14H2,1H3. The number of hydrogen-bond acceptors (Lipinski definition) is 4. The van der Waals surface area contributed by atoms with Crippen molar-refractivity contribution in [3.63, 3.8) is 0 Å². The van der Waals surface area contributed by atoms with E-state index in [2.05, 4.69) is 6.07 Å². The molecule has 0 aliphatic carbocycles. The molecule has 1 aromatic carbocycles. The summed E-state index contributed by atoms with van der Waals surface area (Å²) in [5, 5.41) is 8.98. The molecule has 0 bridgehead atoms. The summed E-state index contributed by atoms with van der Waals surface area (Å²) in [5.74, 6) is 0.367. The maximum atomic E-state index is 11.9. The maximum Gasteiger partial charge on any atom is 0.238 e. The Morgan fingerprint density at radius 1 is 1.65 bits per heavy atom. The molecule has 1 unspecified atom stereocenters. The minimum atomic E-state index is -0.449. The van der Waals surface area contributed by atoms with E-state index < -0.39 is 6.04 Å². The van der Waals surface area contributed by atoms with Crippen molar-refractivity contribution in [2.45, 2.75) is 24.4 Å². The summed E-state index contributed by atoms with van der Waals surface area (Å²) in [7, 11) is 0. The number of nitrogens with zero attached hydrogens (tertiary/aromatic N) is 2. The smallest absolute Gasteiger partial charge is 0.238 e. The number of carbonyl (C=O) groups excluding carboxylic acids is 1. The molecule has 4 nitrogen and oxygen atoms in total. The largest absolute Gasteiger partial charge is 0.326 e. The molecule has 0 saturated heterocycles. The fourth-order valence-corrected chi connectivity index (χ4v) is 2.71. The van der Waals surface area contributed by atoms with Crippen molar-refractivity contribution in [3.05, 3.63) is 23.8 Å². The number of benzene rings is 1. The first-order chi connectivity index (χ1) is 8.17. The van der Waals surface area contributed by atoms with Crippen LogP contribution in [0.3, 0.4) is 0 Å². The molecule has 5 heteroatoms. The third-order valence-electron chi connectivity index (χ3n) is 2.71. The molecule has 0 aromatic heterocycles. The van der Waals surface area contributed by atoms with Gasteiger partial charge >= 0.3 is 0 Å². The zero-order valence-electron chi connectivity index (χ0n) is 9.51. The third-order valence-corrected chi connectivity index (χ3v) is 3.76. The van der Waals surface area contributed by atoms with E-state index in [9.17, 15) is 4.79 Å². The van der Waals surface area contributed by atoms with Gasteiger partial charge in [-0.15, -0.1) is 11.8 Å². The van der Waals surface area contributed by atoms with Crippen molar-refractivity contribution < 1.29 is 4.79 Å². The number of hydrogen-bond donors (Lipinski definition) is 1. The van der Waals surface area contributed by atoms with E-state index in [4.69, 9.17) is 11.0 Å². The summed E-state index contributed by atoms with van der Waals surface area (Å²) >= 11 is 1.51. The van der Waals surface area contributed by atoms with Gasteiger partial charge in [0, 0.05) is 11.4 Å². The molecule has 1 atom stereocenters. The summed E-state index contributed by atoms with van der Waals surface area (Å²) in [4.78, 5) is 14.5. The summed E-state index contributed by atoms with van der Waals surface area (Å²) < 4.78 is 0. The third kappa shape index (κ3) is 2.14. The molecule has 0 radical (unpaired) electrons. The van der Waals surface area contributed by atoms with E-state index in [1.165, 1.54) is 11.8 Å². The van der Waals surface area contributed by atoms with E-state index in [-0.39, 0.29) is 5.91 Å². The number of nitrogens with two attached hydrogens (primary N) is 1. The van der Waals surface area contributed by atoms with Gasteiger partial charge in [-0.2, -0.15) is 5.26 Å². The molecule has 1 amide bonds. The number of nitriles is 1. The van der Waals surface area contributed by atoms with Gasteiger partial charge in [-0.1, -0.05) is 6.07 Å². The van der Waals surface area contributed by atoms with Gasteiger partial charge in [0.1, 0.15) is 6.04 Å². The number of rotatable bonds is 2. The lowest BCUT2D eigenvalue weighted by molar-refractivity contribution is -0.116. The van der Waals surface area contributed by atoms with Gasteiger partial charge in [0.05, 0.1) is 17.5 Å². The molecule has 1 aromatic rings. The summed E-state index contributed by atoms with van der Waals surface area (Å²) in [6.45, 7) is 2.16. The molecule has 0 saturated carbocycles. The second-order valence-electron chi connectivity index (χ2n) is 3.86. The normalized spacial score (nSPS) is 16.3. The van der Waals surface area contributed by atoms with Crippen molar-refractivity contribution in [2.75, 3.05) is 10.7 Å². The average molecular weight is 247 g/mol. The Labute approximate surface area is 104 Å². The quantitative estimate of drug-likeness (QED) is 0.859. The molecule has 0 fully saturated rings. The first kappa shape index (κ1) is 12.0. The summed E-state index contributed by atoms with van der Waals surface area (Å²) in [5.41, 5.74) is 7.37. The predicted octanol–water partition coefficient (Wildman–Crippen LogP) is 1.50. The second kappa shape index (κ2) is 4.78. The zero-order valence-corrected chi connectivity index (χ0v) is 10.3. The summed E-state index contributed by atoms with van der Waals surface area (Å²) in [6, 6.07) is 7.47. The van der Waals surface area contributed by atoms with Crippen molar-refractivity contribution in [1.82, 2.24) is 0 Å². The molecule has 2 rings (SSSR count). The zero-order chi connectivity index (χ0) is 12.4. The number of amides is 1. The highest BCUT2D eigenvalue weighted by Gasteiger charge is 2.28. The minimum Gasteiger partial charge on any atom is -0.326 e. The van der Waals surface area contributed by atoms with Crippen LogP contribution >= 0.6 is 11.8 Å². The van der Waals surface area contributed by atoms with E-state index in [1.807, 2.05) is 18.2 Å². The van der Waals surface area contributed by atoms with Gasteiger partial charge < -0.3 is 5.73 Å². The van der Waals surface area contributed by atoms with Crippen molar-refractivity contribution in [2.24, 2.45) is 5.73 Å². The van der Waals surface area contributed by atoms with Gasteiger partial charge in [0.15, 0.2) is 0 Å². The van der Waals surface area contributed by atoms with Gasteiger partial charge in [-0.3, -0.25) is 9.69 Å². The number of thioether (sulfide) groups is 1. The van der Waals surface area contributed by atoms with Crippen molar-refractivity contribution in [3.8, 4) is 6.07 Å². The first-order valence-electron chi connectivity index (χ1n) is 5.35. The second-order valence-corrected chi connectivity index (χ2v) is 4.88. The monoisotopic (exact) mass is 247 g/mol. The Bertz CT molecular complexity index is 495. The predicted molar refractivity (Wildman–Crippen MR) is 67.6 cm³/mol. The SMILES string of the molecule is CC(C#N)N1C(=O)CSc2ccc(CN)cc21. The highest BCUT2D eigenvalue weighted by Crippen LogP contribution is 2.36. The average Bonchev–Trinajstić information content (AvgIpc) is 2.37. The maximum absolute atomic E-state index is 11.9. The lowest BCUT2D eigenvalue weighted by Crippen LogP contribution is -2.41. The highest BCUT2D eigenvalue weighted by atomic mass is 32.2. The number of fused-ring (bicyclic) bond motifs is 1. The van der Waals surface area contributed by atoms with Crippen LogP contribution in [0.1, 0.15) is 12.5 Å². The van der Waals surface area contributed by atoms with Crippen LogP contribution in [-0.2, 0) is 11.3 Å². The lowest BCUT2D eigenvalue weighted by Gasteiger charge is -2.31. The molecule has 17 heavy (non-hydrogen) atoms. The Kier molecular flexibility index (Phi) is 3.36. The molecule has 88 valence electrons. The highest BCUT2D eigenvalue weighted by molar-refractivity contribution is 8.00. The van der Waals surface area contributed by atoms with Crippen LogP contribution in [0.2, 0.25) is 0 Å². The van der Waals surface area contributed by atoms with Crippen LogP contribution in [0.5, 0.6) is 0 Å². The Hall–Kier alpha value is -1.51. The van der Waals surface area contributed by atoms with Gasteiger partial charge in [-0.05, 0) is 24.6 Å². The Morgan fingerprint density at radius 2 is 2.41 bits per heavy atom. The Morgan fingerprint density at radius 3 is 3.06 bits per heavy atom. The van der Waals surface area contributed by atoms with Crippen LogP contribution in [0.25, 0.3) is 0 Å². The van der Waals surface area contributed by atoms with E-state index in [0.29, 0.717) is 12.3 Å². The van der Waals surface area contributed by atoms with Crippen LogP contribution in [0, 0.1) is 11.3 Å². The van der Waals surface area contributed by atoms with Crippen LogP contribution in [0.4, 0.5) is 5.69 Å². The lowest BCUT2D eigenvalue weighted by atomic mass is 10.1. The Balaban J connectivity index is 2.49. The molecule has 1 aliphatic heterocycles. The molecular formula is C12H13N3OS. The van der Waals surface area contributed by atoms with Crippen LogP contribution < -0.4 is 10.6 Å². The molecule has 1 heterocycles. The topological polar surface area (TPSA) is 70.1 Å². The summed E-state index contributed by atoms with van der Waals surface area (Å²) in [6.07, 6.45) is 0.